The van der Waals surface area contributed by atoms with Crippen LogP contribution in [0.15, 0.2) is 0 Å². The van der Waals surface area contributed by atoms with Crippen LogP contribution in [0, 0.1) is 23.2 Å². The molecule has 0 heterocycles. The Hall–Kier alpha value is -1.63. The van der Waals surface area contributed by atoms with E-state index < -0.39 is 23.1 Å². The molecule has 0 spiro atoms. The van der Waals surface area contributed by atoms with Crippen LogP contribution in [0.3, 0.4) is 0 Å². The molecule has 7 atom stereocenters. The minimum absolute atomic E-state index is 0.0392. The summed E-state index contributed by atoms with van der Waals surface area (Å²) in [6.07, 6.45) is 1.58. The fourth-order valence-corrected chi connectivity index (χ4v) is 5.48. The van der Waals surface area contributed by atoms with Crippen molar-refractivity contribution in [3.05, 3.63) is 0 Å². The number of carbonyl (C=O) groups is 3. The lowest BCUT2D eigenvalue weighted by Crippen LogP contribution is -2.64. The van der Waals surface area contributed by atoms with Gasteiger partial charge in [-0.05, 0) is 38.5 Å². The van der Waals surface area contributed by atoms with Crippen molar-refractivity contribution in [3.8, 4) is 0 Å². The van der Waals surface area contributed by atoms with Gasteiger partial charge < -0.3 is 19.3 Å². The van der Waals surface area contributed by atoms with E-state index in [4.69, 9.17) is 14.2 Å². The monoisotopic (exact) mass is 398 g/mol. The van der Waals surface area contributed by atoms with Crippen molar-refractivity contribution in [2.45, 2.75) is 85.0 Å². The van der Waals surface area contributed by atoms with Gasteiger partial charge in [-0.3, -0.25) is 14.4 Å². The first-order chi connectivity index (χ1) is 12.9. The Labute approximate surface area is 167 Å². The van der Waals surface area contributed by atoms with Crippen LogP contribution in [-0.2, 0) is 28.6 Å². The highest BCUT2D eigenvalue weighted by atomic mass is 16.6. The van der Waals surface area contributed by atoms with Gasteiger partial charge in [0.15, 0.2) is 0 Å². The Morgan fingerprint density at radius 2 is 1.61 bits per heavy atom. The molecule has 2 fully saturated rings. The summed E-state index contributed by atoms with van der Waals surface area (Å²) in [5.74, 6) is -1.60. The summed E-state index contributed by atoms with van der Waals surface area (Å²) >= 11 is 0. The smallest absolute Gasteiger partial charge is 0.302 e. The molecule has 0 unspecified atom stereocenters. The van der Waals surface area contributed by atoms with Gasteiger partial charge in [0.2, 0.25) is 0 Å². The number of hydrogen-bond donors (Lipinski definition) is 1. The summed E-state index contributed by atoms with van der Waals surface area (Å²) in [6, 6.07) is 0. The lowest BCUT2D eigenvalue weighted by atomic mass is 9.50. The Morgan fingerprint density at radius 1 is 1.00 bits per heavy atom. The number of carbonyl (C=O) groups excluding carboxylic acids is 3. The Kier molecular flexibility index (Phi) is 6.79. The molecule has 0 aromatic carbocycles. The molecule has 2 rings (SSSR count). The van der Waals surface area contributed by atoms with Gasteiger partial charge in [0.1, 0.15) is 12.2 Å². The SMILES string of the molecule is CC(=O)OC[C@@H](C)[C@@H]1CC[C@]2(C)[C@@H]([C@@H]1OC(C)=O)[C@@](C)(O)CC[C@H]2OC(C)=O. The van der Waals surface area contributed by atoms with Crippen LogP contribution in [0.5, 0.6) is 0 Å². The summed E-state index contributed by atoms with van der Waals surface area (Å²) in [6.45, 7) is 10.1. The molecule has 160 valence electrons. The molecule has 2 saturated carbocycles. The van der Waals surface area contributed by atoms with Crippen molar-refractivity contribution in [3.63, 3.8) is 0 Å². The molecular weight excluding hydrogens is 364 g/mol. The standard InChI is InChI=1S/C21H34O7/c1-12(11-26-13(2)22)16-7-9-20(5)17(27-14(3)23)8-10-21(6,25)19(20)18(16)28-15(4)24/h12,16-19,25H,7-11H2,1-6H3/t12-,16+,17-,18-,19-,20+,21+/m1/s1. The van der Waals surface area contributed by atoms with Crippen molar-refractivity contribution in [1.29, 1.82) is 0 Å². The van der Waals surface area contributed by atoms with Gasteiger partial charge >= 0.3 is 17.9 Å². The molecular formula is C21H34O7. The van der Waals surface area contributed by atoms with Crippen LogP contribution in [0.25, 0.3) is 0 Å². The maximum atomic E-state index is 11.9. The number of aliphatic hydroxyl groups is 1. The summed E-state index contributed by atoms with van der Waals surface area (Å²) in [5.41, 5.74) is -1.57. The summed E-state index contributed by atoms with van der Waals surface area (Å²) in [7, 11) is 0. The zero-order valence-corrected chi connectivity index (χ0v) is 17.8. The highest BCUT2D eigenvalue weighted by molar-refractivity contribution is 5.67. The molecule has 7 nitrogen and oxygen atoms in total. The summed E-state index contributed by atoms with van der Waals surface area (Å²) in [4.78, 5) is 34.8. The van der Waals surface area contributed by atoms with Crippen LogP contribution < -0.4 is 0 Å². The second-order valence-electron chi connectivity index (χ2n) is 9.03. The summed E-state index contributed by atoms with van der Waals surface area (Å²) < 4.78 is 16.6. The Morgan fingerprint density at radius 3 is 2.14 bits per heavy atom. The summed E-state index contributed by atoms with van der Waals surface area (Å²) in [5, 5.41) is 11.3. The molecule has 0 amide bonds. The third kappa shape index (κ3) is 4.67. The van der Waals surface area contributed by atoms with E-state index in [2.05, 4.69) is 0 Å². The van der Waals surface area contributed by atoms with E-state index in [1.165, 1.54) is 20.8 Å². The molecule has 7 heteroatoms. The topological polar surface area (TPSA) is 99.1 Å². The van der Waals surface area contributed by atoms with Crippen molar-refractivity contribution in [1.82, 2.24) is 0 Å². The van der Waals surface area contributed by atoms with Crippen LogP contribution in [-0.4, -0.2) is 47.4 Å². The minimum Gasteiger partial charge on any atom is -0.466 e. The van der Waals surface area contributed by atoms with Crippen LogP contribution in [0.4, 0.5) is 0 Å². The molecule has 2 aliphatic carbocycles. The first-order valence-corrected chi connectivity index (χ1v) is 10.1. The lowest BCUT2D eigenvalue weighted by molar-refractivity contribution is -0.237. The minimum atomic E-state index is -1.06. The van der Waals surface area contributed by atoms with E-state index in [1.54, 1.807) is 6.92 Å². The average Bonchev–Trinajstić information content (AvgIpc) is 2.54. The number of hydrogen-bond acceptors (Lipinski definition) is 7. The van der Waals surface area contributed by atoms with E-state index in [1.807, 2.05) is 13.8 Å². The maximum absolute atomic E-state index is 11.9. The predicted molar refractivity (Wildman–Crippen MR) is 101 cm³/mol. The van der Waals surface area contributed by atoms with Crippen molar-refractivity contribution < 1.29 is 33.7 Å². The number of esters is 3. The fourth-order valence-electron chi connectivity index (χ4n) is 5.48. The molecule has 1 N–H and O–H groups in total. The second-order valence-corrected chi connectivity index (χ2v) is 9.03. The lowest BCUT2D eigenvalue weighted by Gasteiger charge is -2.59. The first kappa shape index (κ1) is 22.7. The quantitative estimate of drug-likeness (QED) is 0.561. The Bertz CT molecular complexity index is 614. The van der Waals surface area contributed by atoms with Gasteiger partial charge in [0.05, 0.1) is 12.2 Å². The predicted octanol–water partition coefficient (Wildman–Crippen LogP) is 2.63. The van der Waals surface area contributed by atoms with E-state index in [0.717, 1.165) is 12.8 Å². The van der Waals surface area contributed by atoms with Crippen LogP contribution in [0.1, 0.15) is 67.2 Å². The van der Waals surface area contributed by atoms with Gasteiger partial charge in [-0.2, -0.15) is 0 Å². The zero-order valence-electron chi connectivity index (χ0n) is 17.8. The fraction of sp³-hybridized carbons (Fsp3) is 0.857. The first-order valence-electron chi connectivity index (χ1n) is 10.1. The van der Waals surface area contributed by atoms with Gasteiger partial charge in [0.25, 0.3) is 0 Å². The van der Waals surface area contributed by atoms with Gasteiger partial charge in [0, 0.05) is 38.0 Å². The molecule has 0 aromatic rings. The van der Waals surface area contributed by atoms with Gasteiger partial charge in [-0.1, -0.05) is 13.8 Å². The van der Waals surface area contributed by atoms with E-state index in [0.29, 0.717) is 12.8 Å². The third-order valence-electron chi connectivity index (χ3n) is 6.69. The molecule has 28 heavy (non-hydrogen) atoms. The van der Waals surface area contributed by atoms with Crippen LogP contribution in [0.2, 0.25) is 0 Å². The highest BCUT2D eigenvalue weighted by Gasteiger charge is 2.62. The van der Waals surface area contributed by atoms with Crippen molar-refractivity contribution in [2.24, 2.45) is 23.2 Å². The van der Waals surface area contributed by atoms with Gasteiger partial charge in [-0.25, -0.2) is 0 Å². The van der Waals surface area contributed by atoms with Crippen molar-refractivity contribution >= 4 is 17.9 Å². The van der Waals surface area contributed by atoms with Crippen LogP contribution >= 0.6 is 0 Å². The molecule has 0 aromatic heterocycles. The molecule has 0 aliphatic heterocycles. The van der Waals surface area contributed by atoms with E-state index in [9.17, 15) is 19.5 Å². The number of rotatable bonds is 5. The molecule has 0 radical (unpaired) electrons. The molecule has 2 aliphatic rings. The van der Waals surface area contributed by atoms with Gasteiger partial charge in [-0.15, -0.1) is 0 Å². The molecule has 0 saturated heterocycles. The Balaban J connectivity index is 2.39. The molecule has 0 bridgehead atoms. The number of fused-ring (bicyclic) bond motifs is 1. The van der Waals surface area contributed by atoms with E-state index in [-0.39, 0.29) is 42.4 Å². The highest BCUT2D eigenvalue weighted by Crippen LogP contribution is 2.58. The zero-order chi connectivity index (χ0) is 21.3. The normalized spacial score (nSPS) is 38.7. The van der Waals surface area contributed by atoms with Crippen molar-refractivity contribution in [2.75, 3.05) is 6.61 Å². The maximum Gasteiger partial charge on any atom is 0.302 e. The van der Waals surface area contributed by atoms with E-state index >= 15 is 0 Å². The second kappa shape index (κ2) is 8.39. The number of ether oxygens (including phenoxy) is 3. The average molecular weight is 398 g/mol. The largest absolute Gasteiger partial charge is 0.466 e. The third-order valence-corrected chi connectivity index (χ3v) is 6.69.